The van der Waals surface area contributed by atoms with Crippen LogP contribution in [0.3, 0.4) is 0 Å². The molecule has 162 valence electrons. The Morgan fingerprint density at radius 2 is 1.26 bits per heavy atom. The van der Waals surface area contributed by atoms with E-state index in [1.807, 2.05) is 27.7 Å². The molecule has 0 aromatic carbocycles. The van der Waals surface area contributed by atoms with Gasteiger partial charge in [0.05, 0.1) is 76.3 Å². The van der Waals surface area contributed by atoms with Crippen molar-refractivity contribution in [3.8, 4) is 0 Å². The highest BCUT2D eigenvalue weighted by Gasteiger charge is 2.16. The van der Waals surface area contributed by atoms with Crippen molar-refractivity contribution in [1.82, 2.24) is 0 Å². The van der Waals surface area contributed by atoms with E-state index >= 15 is 0 Å². The molecule has 0 bridgehead atoms. The second-order valence-corrected chi connectivity index (χ2v) is 7.60. The van der Waals surface area contributed by atoms with Crippen LogP contribution in [0.2, 0.25) is 0 Å². The SMILES string of the molecule is CC(O)COC(C)COC(C)COC(C)COC(C)COCC1CCCO1. The van der Waals surface area contributed by atoms with Gasteiger partial charge in [-0.3, -0.25) is 0 Å². The first-order chi connectivity index (χ1) is 12.9. The van der Waals surface area contributed by atoms with Gasteiger partial charge in [-0.05, 0) is 47.5 Å². The topological polar surface area (TPSA) is 75.6 Å². The van der Waals surface area contributed by atoms with Crippen molar-refractivity contribution in [2.24, 2.45) is 0 Å². The van der Waals surface area contributed by atoms with Gasteiger partial charge in [0.2, 0.25) is 0 Å². The number of rotatable bonds is 16. The predicted molar refractivity (Wildman–Crippen MR) is 103 cm³/mol. The van der Waals surface area contributed by atoms with Gasteiger partial charge in [0.15, 0.2) is 0 Å². The zero-order valence-electron chi connectivity index (χ0n) is 17.7. The Bertz CT molecular complexity index is 347. The summed E-state index contributed by atoms with van der Waals surface area (Å²) in [5.41, 5.74) is 0. The molecule has 0 aromatic heterocycles. The lowest BCUT2D eigenvalue weighted by Crippen LogP contribution is -2.29. The lowest BCUT2D eigenvalue weighted by atomic mass is 10.2. The van der Waals surface area contributed by atoms with Crippen LogP contribution in [0.1, 0.15) is 47.5 Å². The van der Waals surface area contributed by atoms with Crippen LogP contribution in [0.5, 0.6) is 0 Å². The third kappa shape index (κ3) is 13.5. The summed E-state index contributed by atoms with van der Waals surface area (Å²) in [5.74, 6) is 0. The molecule has 7 nitrogen and oxygen atoms in total. The van der Waals surface area contributed by atoms with Crippen LogP contribution >= 0.6 is 0 Å². The molecule has 1 N–H and O–H groups in total. The van der Waals surface area contributed by atoms with Crippen molar-refractivity contribution in [2.45, 2.75) is 84.1 Å². The van der Waals surface area contributed by atoms with Gasteiger partial charge in [-0.15, -0.1) is 0 Å². The summed E-state index contributed by atoms with van der Waals surface area (Å²) in [6, 6.07) is 0. The number of aliphatic hydroxyl groups excluding tert-OH is 1. The van der Waals surface area contributed by atoms with E-state index in [2.05, 4.69) is 0 Å². The molecule has 0 amide bonds. The fraction of sp³-hybridized carbons (Fsp3) is 1.00. The normalized spacial score (nSPS) is 23.1. The van der Waals surface area contributed by atoms with Crippen LogP contribution in [0.15, 0.2) is 0 Å². The van der Waals surface area contributed by atoms with E-state index in [-0.39, 0.29) is 30.5 Å². The fourth-order valence-corrected chi connectivity index (χ4v) is 2.54. The van der Waals surface area contributed by atoms with E-state index in [9.17, 15) is 5.11 Å². The maximum atomic E-state index is 9.20. The van der Waals surface area contributed by atoms with Crippen molar-refractivity contribution in [3.05, 3.63) is 0 Å². The van der Waals surface area contributed by atoms with Gasteiger partial charge in [-0.25, -0.2) is 0 Å². The summed E-state index contributed by atoms with van der Waals surface area (Å²) in [6.45, 7) is 13.5. The Hall–Kier alpha value is -0.280. The largest absolute Gasteiger partial charge is 0.391 e. The molecule has 1 aliphatic rings. The molecule has 1 saturated heterocycles. The zero-order chi connectivity index (χ0) is 20.1. The fourth-order valence-electron chi connectivity index (χ4n) is 2.54. The highest BCUT2D eigenvalue weighted by atomic mass is 16.6. The zero-order valence-corrected chi connectivity index (χ0v) is 17.7. The Morgan fingerprint density at radius 3 is 1.70 bits per heavy atom. The van der Waals surface area contributed by atoms with Crippen molar-refractivity contribution in [1.29, 1.82) is 0 Å². The minimum absolute atomic E-state index is 0.0134. The summed E-state index contributed by atoms with van der Waals surface area (Å²) in [4.78, 5) is 0. The molecule has 0 aliphatic carbocycles. The van der Waals surface area contributed by atoms with Gasteiger partial charge in [0.25, 0.3) is 0 Å². The lowest BCUT2D eigenvalue weighted by molar-refractivity contribution is -0.0982. The average Bonchev–Trinajstić information content (AvgIpc) is 3.14. The Kier molecular flexibility index (Phi) is 13.5. The van der Waals surface area contributed by atoms with Gasteiger partial charge >= 0.3 is 0 Å². The van der Waals surface area contributed by atoms with Crippen molar-refractivity contribution in [2.75, 3.05) is 46.2 Å². The van der Waals surface area contributed by atoms with Crippen molar-refractivity contribution in [3.63, 3.8) is 0 Å². The number of aliphatic hydroxyl groups is 1. The van der Waals surface area contributed by atoms with E-state index in [0.717, 1.165) is 19.4 Å². The summed E-state index contributed by atoms with van der Waals surface area (Å²) in [6.07, 6.45) is 1.93. The minimum Gasteiger partial charge on any atom is -0.391 e. The van der Waals surface area contributed by atoms with E-state index in [0.29, 0.717) is 39.6 Å². The number of hydrogen-bond donors (Lipinski definition) is 1. The third-order valence-corrected chi connectivity index (χ3v) is 4.15. The summed E-state index contributed by atoms with van der Waals surface area (Å²) < 4.78 is 33.9. The van der Waals surface area contributed by atoms with Gasteiger partial charge in [0.1, 0.15) is 0 Å². The second-order valence-electron chi connectivity index (χ2n) is 7.60. The monoisotopic (exact) mass is 392 g/mol. The first kappa shape index (κ1) is 24.8. The molecule has 1 heterocycles. The van der Waals surface area contributed by atoms with Crippen LogP contribution in [0, 0.1) is 0 Å². The standard InChI is InChI=1S/C20H40O7/c1-15(21)9-24-17(3)11-26-19(5)13-27-18(4)12-25-16(2)10-22-14-20-7-6-8-23-20/h15-21H,6-14H2,1-5H3. The maximum absolute atomic E-state index is 9.20. The average molecular weight is 393 g/mol. The summed E-state index contributed by atoms with van der Waals surface area (Å²) >= 11 is 0. The Balaban J connectivity index is 1.99. The van der Waals surface area contributed by atoms with Crippen LogP contribution in [-0.4, -0.2) is 88.0 Å². The number of ether oxygens (including phenoxy) is 6. The van der Waals surface area contributed by atoms with Crippen molar-refractivity contribution < 1.29 is 33.5 Å². The molecule has 6 unspecified atom stereocenters. The number of hydrogen-bond acceptors (Lipinski definition) is 7. The highest BCUT2D eigenvalue weighted by Crippen LogP contribution is 2.12. The molecule has 0 saturated carbocycles. The molecule has 1 rings (SSSR count). The molecule has 0 radical (unpaired) electrons. The third-order valence-electron chi connectivity index (χ3n) is 4.15. The molecule has 0 spiro atoms. The molecular weight excluding hydrogens is 352 g/mol. The Morgan fingerprint density at radius 1 is 0.778 bits per heavy atom. The minimum atomic E-state index is -0.460. The molecular formula is C20H40O7. The molecule has 0 aromatic rings. The molecule has 1 aliphatic heterocycles. The maximum Gasteiger partial charge on any atom is 0.0809 e. The lowest BCUT2D eigenvalue weighted by Gasteiger charge is -2.21. The van der Waals surface area contributed by atoms with Crippen LogP contribution < -0.4 is 0 Å². The van der Waals surface area contributed by atoms with Gasteiger partial charge in [-0.1, -0.05) is 0 Å². The second kappa shape index (κ2) is 14.7. The summed E-state index contributed by atoms with van der Waals surface area (Å²) in [7, 11) is 0. The van der Waals surface area contributed by atoms with Gasteiger partial charge in [-0.2, -0.15) is 0 Å². The van der Waals surface area contributed by atoms with E-state index in [4.69, 9.17) is 28.4 Å². The molecule has 6 atom stereocenters. The van der Waals surface area contributed by atoms with Crippen LogP contribution in [0.25, 0.3) is 0 Å². The van der Waals surface area contributed by atoms with Gasteiger partial charge < -0.3 is 33.5 Å². The smallest absolute Gasteiger partial charge is 0.0809 e. The first-order valence-electron chi connectivity index (χ1n) is 10.2. The first-order valence-corrected chi connectivity index (χ1v) is 10.2. The summed E-state index contributed by atoms with van der Waals surface area (Å²) in [5, 5.41) is 9.20. The molecule has 27 heavy (non-hydrogen) atoms. The predicted octanol–water partition coefficient (Wildman–Crippen LogP) is 2.18. The molecule has 1 fully saturated rings. The van der Waals surface area contributed by atoms with Gasteiger partial charge in [0, 0.05) is 6.61 Å². The van der Waals surface area contributed by atoms with Crippen LogP contribution in [-0.2, 0) is 28.4 Å². The highest BCUT2D eigenvalue weighted by molar-refractivity contribution is 4.64. The Labute approximate surface area is 164 Å². The van der Waals surface area contributed by atoms with Crippen molar-refractivity contribution >= 4 is 0 Å². The van der Waals surface area contributed by atoms with E-state index in [1.165, 1.54) is 0 Å². The molecule has 7 heteroatoms. The quantitative estimate of drug-likeness (QED) is 0.431. The van der Waals surface area contributed by atoms with E-state index in [1.54, 1.807) is 6.92 Å². The van der Waals surface area contributed by atoms with Crippen LogP contribution in [0.4, 0.5) is 0 Å². The van der Waals surface area contributed by atoms with E-state index < -0.39 is 6.10 Å².